The molecule has 8 heteroatoms. The molecule has 0 aliphatic rings. The van der Waals surface area contributed by atoms with E-state index in [4.69, 9.17) is 20.9 Å². The summed E-state index contributed by atoms with van der Waals surface area (Å²) in [4.78, 5) is 24.7. The van der Waals surface area contributed by atoms with Crippen molar-refractivity contribution in [1.29, 1.82) is 0 Å². The van der Waals surface area contributed by atoms with E-state index in [0.717, 1.165) is 5.56 Å². The van der Waals surface area contributed by atoms with Gasteiger partial charge in [0.1, 0.15) is 22.8 Å². The predicted octanol–water partition coefficient (Wildman–Crippen LogP) is 4.48. The molecule has 1 atom stereocenters. The molecule has 29 heavy (non-hydrogen) atoms. The lowest BCUT2D eigenvalue weighted by Gasteiger charge is -2.14. The Morgan fingerprint density at radius 3 is 2.62 bits per heavy atom. The Morgan fingerprint density at radius 1 is 1.21 bits per heavy atom. The van der Waals surface area contributed by atoms with Crippen molar-refractivity contribution in [2.45, 2.75) is 19.9 Å². The van der Waals surface area contributed by atoms with Gasteiger partial charge in [0.15, 0.2) is 6.61 Å². The Bertz CT molecular complexity index is 1020. The minimum absolute atomic E-state index is 0.0693. The van der Waals surface area contributed by atoms with Gasteiger partial charge in [0.25, 0.3) is 5.91 Å². The van der Waals surface area contributed by atoms with E-state index < -0.39 is 24.3 Å². The summed E-state index contributed by atoms with van der Waals surface area (Å²) in [7, 11) is 0. The zero-order valence-corrected chi connectivity index (χ0v) is 16.5. The lowest BCUT2D eigenvalue weighted by molar-refractivity contribution is -0.124. The normalized spacial score (nSPS) is 11.7. The lowest BCUT2D eigenvalue weighted by Crippen LogP contribution is -2.31. The van der Waals surface area contributed by atoms with Crippen LogP contribution in [-0.4, -0.2) is 23.6 Å². The smallest absolute Gasteiger partial charge is 0.344 e. The molecule has 1 amide bonds. The van der Waals surface area contributed by atoms with Crippen molar-refractivity contribution >= 4 is 23.5 Å². The number of amides is 1. The molecule has 0 aliphatic heterocycles. The first-order chi connectivity index (χ1) is 13.9. The molecule has 1 heterocycles. The number of rotatable bonds is 6. The number of aromatic nitrogens is 1. The van der Waals surface area contributed by atoms with Crippen molar-refractivity contribution in [3.05, 3.63) is 76.3 Å². The third kappa shape index (κ3) is 4.63. The topological polar surface area (TPSA) is 81.4 Å². The van der Waals surface area contributed by atoms with E-state index in [1.165, 1.54) is 25.1 Å². The third-order valence-electron chi connectivity index (χ3n) is 4.28. The molecule has 0 saturated carbocycles. The van der Waals surface area contributed by atoms with Gasteiger partial charge in [-0.2, -0.15) is 0 Å². The molecule has 0 aliphatic carbocycles. The maximum atomic E-state index is 14.2. The highest BCUT2D eigenvalue weighted by atomic mass is 35.5. The van der Waals surface area contributed by atoms with Gasteiger partial charge in [-0.25, -0.2) is 9.18 Å². The van der Waals surface area contributed by atoms with Gasteiger partial charge in [-0.15, -0.1) is 0 Å². The predicted molar refractivity (Wildman–Crippen MR) is 105 cm³/mol. The van der Waals surface area contributed by atoms with Crippen LogP contribution in [0.1, 0.15) is 34.6 Å². The van der Waals surface area contributed by atoms with E-state index in [-0.39, 0.29) is 33.6 Å². The number of nitrogens with zero attached hydrogens (tertiary/aromatic N) is 1. The summed E-state index contributed by atoms with van der Waals surface area (Å²) < 4.78 is 24.4. The average Bonchev–Trinajstić information content (AvgIpc) is 3.08. The van der Waals surface area contributed by atoms with Gasteiger partial charge in [0.05, 0.1) is 16.6 Å². The molecule has 6 nitrogen and oxygen atoms in total. The summed E-state index contributed by atoms with van der Waals surface area (Å²) in [6.45, 7) is 2.79. The fourth-order valence-electron chi connectivity index (χ4n) is 2.82. The van der Waals surface area contributed by atoms with E-state index in [0.29, 0.717) is 0 Å². The number of halogens is 2. The van der Waals surface area contributed by atoms with Gasteiger partial charge in [0, 0.05) is 0 Å². The molecule has 0 fully saturated rings. The second-order valence-corrected chi connectivity index (χ2v) is 6.74. The number of hydrogen-bond donors (Lipinski definition) is 1. The Labute approximate surface area is 171 Å². The molecular formula is C21H18ClFN2O4. The molecule has 2 aromatic carbocycles. The first kappa shape index (κ1) is 20.5. The summed E-state index contributed by atoms with van der Waals surface area (Å²) in [5, 5.41) is 6.55. The van der Waals surface area contributed by atoms with Crippen LogP contribution in [0.4, 0.5) is 4.39 Å². The zero-order valence-electron chi connectivity index (χ0n) is 15.7. The number of carbonyl (C=O) groups excluding carboxylic acids is 2. The lowest BCUT2D eigenvalue weighted by atomic mass is 10.1. The van der Waals surface area contributed by atoms with Crippen molar-refractivity contribution in [3.8, 4) is 11.3 Å². The number of ether oxygens (including phenoxy) is 1. The van der Waals surface area contributed by atoms with Gasteiger partial charge in [-0.1, -0.05) is 53.2 Å². The van der Waals surface area contributed by atoms with Crippen molar-refractivity contribution in [1.82, 2.24) is 10.5 Å². The van der Waals surface area contributed by atoms with Gasteiger partial charge in [-0.3, -0.25) is 4.79 Å². The molecule has 150 valence electrons. The first-order valence-corrected chi connectivity index (χ1v) is 9.18. The van der Waals surface area contributed by atoms with Crippen molar-refractivity contribution in [3.63, 3.8) is 0 Å². The molecular weight excluding hydrogens is 399 g/mol. The molecule has 0 bridgehead atoms. The van der Waals surface area contributed by atoms with Crippen LogP contribution in [0.25, 0.3) is 11.3 Å². The summed E-state index contributed by atoms with van der Waals surface area (Å²) in [6.07, 6.45) is 0. The monoisotopic (exact) mass is 416 g/mol. The minimum Gasteiger partial charge on any atom is -0.452 e. The Balaban J connectivity index is 1.70. The van der Waals surface area contributed by atoms with Crippen molar-refractivity contribution < 1.29 is 23.2 Å². The maximum Gasteiger partial charge on any atom is 0.344 e. The first-order valence-electron chi connectivity index (χ1n) is 8.80. The highest BCUT2D eigenvalue weighted by molar-refractivity contribution is 6.33. The van der Waals surface area contributed by atoms with E-state index >= 15 is 0 Å². The van der Waals surface area contributed by atoms with Gasteiger partial charge < -0.3 is 14.6 Å². The zero-order chi connectivity index (χ0) is 21.0. The fourth-order valence-corrected chi connectivity index (χ4v) is 3.07. The number of esters is 1. The molecule has 3 rings (SSSR count). The van der Waals surface area contributed by atoms with Crippen LogP contribution in [0.2, 0.25) is 5.02 Å². The Hall–Kier alpha value is -3.19. The highest BCUT2D eigenvalue weighted by Gasteiger charge is 2.27. The summed E-state index contributed by atoms with van der Waals surface area (Å²) in [5.41, 5.74) is 0.688. The quantitative estimate of drug-likeness (QED) is 0.599. The molecule has 0 radical (unpaired) electrons. The van der Waals surface area contributed by atoms with Crippen LogP contribution >= 0.6 is 11.6 Å². The van der Waals surface area contributed by atoms with E-state index in [2.05, 4.69) is 10.5 Å². The SMILES string of the molecule is Cc1onc(-c2c(F)cccc2Cl)c1C(=O)OCC(=O)NC(C)c1ccccc1. The molecule has 1 N–H and O–H groups in total. The second-order valence-electron chi connectivity index (χ2n) is 6.34. The number of aryl methyl sites for hydroxylation is 1. The van der Waals surface area contributed by atoms with Crippen LogP contribution in [0.3, 0.4) is 0 Å². The van der Waals surface area contributed by atoms with E-state index in [9.17, 15) is 14.0 Å². The highest BCUT2D eigenvalue weighted by Crippen LogP contribution is 2.33. The summed E-state index contributed by atoms with van der Waals surface area (Å²) in [6, 6.07) is 13.2. The largest absolute Gasteiger partial charge is 0.452 e. The Morgan fingerprint density at radius 2 is 1.93 bits per heavy atom. The van der Waals surface area contributed by atoms with Crippen LogP contribution in [0, 0.1) is 12.7 Å². The number of nitrogens with one attached hydrogen (secondary N) is 1. The van der Waals surface area contributed by atoms with Crippen LogP contribution in [0.5, 0.6) is 0 Å². The minimum atomic E-state index is -0.861. The van der Waals surface area contributed by atoms with Crippen molar-refractivity contribution in [2.75, 3.05) is 6.61 Å². The second kappa shape index (κ2) is 8.87. The van der Waals surface area contributed by atoms with E-state index in [1.54, 1.807) is 0 Å². The van der Waals surface area contributed by atoms with Crippen molar-refractivity contribution in [2.24, 2.45) is 0 Å². The van der Waals surface area contributed by atoms with Gasteiger partial charge >= 0.3 is 5.97 Å². The van der Waals surface area contributed by atoms with Crippen LogP contribution in [-0.2, 0) is 9.53 Å². The van der Waals surface area contributed by atoms with Gasteiger partial charge in [-0.05, 0) is 31.5 Å². The summed E-state index contributed by atoms with van der Waals surface area (Å²) >= 11 is 6.06. The van der Waals surface area contributed by atoms with Crippen LogP contribution in [0.15, 0.2) is 53.1 Å². The number of benzene rings is 2. The fraction of sp³-hybridized carbons (Fsp3) is 0.190. The number of hydrogen-bond acceptors (Lipinski definition) is 5. The van der Waals surface area contributed by atoms with Crippen LogP contribution < -0.4 is 5.32 Å². The Kier molecular flexibility index (Phi) is 6.29. The standard InChI is InChI=1S/C21H18ClFN2O4/c1-12(14-7-4-3-5-8-14)24-17(26)11-28-21(27)18-13(2)29-25-20(18)19-15(22)9-6-10-16(19)23/h3-10,12H,11H2,1-2H3,(H,24,26). The van der Waals surface area contributed by atoms with Gasteiger partial charge in [0.2, 0.25) is 0 Å². The molecule has 1 unspecified atom stereocenters. The molecule has 0 saturated heterocycles. The molecule has 1 aromatic heterocycles. The van der Waals surface area contributed by atoms with E-state index in [1.807, 2.05) is 37.3 Å². The number of carbonyl (C=O) groups is 2. The maximum absolute atomic E-state index is 14.2. The third-order valence-corrected chi connectivity index (χ3v) is 4.59. The summed E-state index contributed by atoms with van der Waals surface area (Å²) in [5.74, 6) is -1.87. The molecule has 0 spiro atoms. The average molecular weight is 417 g/mol. The molecule has 3 aromatic rings.